The van der Waals surface area contributed by atoms with Gasteiger partial charge in [0, 0.05) is 10.6 Å². The van der Waals surface area contributed by atoms with Crippen molar-refractivity contribution in [3.8, 4) is 5.75 Å². The molecule has 2 aromatic carbocycles. The first-order valence-corrected chi connectivity index (χ1v) is 9.96. The molecule has 0 aromatic heterocycles. The number of nitrogens with zero attached hydrogens (tertiary/aromatic N) is 2. The van der Waals surface area contributed by atoms with Crippen molar-refractivity contribution in [3.05, 3.63) is 76.0 Å². The minimum Gasteiger partial charge on any atom is -0.494 e. The summed E-state index contributed by atoms with van der Waals surface area (Å²) in [6.45, 7) is 3.97. The maximum Gasteiger partial charge on any atom is 0.357 e. The van der Waals surface area contributed by atoms with Gasteiger partial charge in [-0.2, -0.15) is 10.1 Å². The van der Waals surface area contributed by atoms with Crippen molar-refractivity contribution >= 4 is 40.8 Å². The largest absolute Gasteiger partial charge is 0.494 e. The SMILES string of the molecule is CCOc1ccc(C(C)=NN2C(=O)C(=O)C(C(=O)c3ccc(Cl)cc3)=C2C(=O)OC)cc1. The number of esters is 1. The van der Waals surface area contributed by atoms with E-state index in [0.717, 1.165) is 7.11 Å². The smallest absolute Gasteiger partial charge is 0.357 e. The molecule has 0 N–H and O–H groups in total. The highest BCUT2D eigenvalue weighted by atomic mass is 35.5. The van der Waals surface area contributed by atoms with E-state index in [0.29, 0.717) is 33.7 Å². The molecule has 3 rings (SSSR count). The van der Waals surface area contributed by atoms with Gasteiger partial charge in [-0.15, -0.1) is 0 Å². The minimum absolute atomic E-state index is 0.0843. The van der Waals surface area contributed by atoms with Crippen molar-refractivity contribution in [2.45, 2.75) is 13.8 Å². The lowest BCUT2D eigenvalue weighted by molar-refractivity contribution is -0.143. The maximum atomic E-state index is 13.0. The Morgan fingerprint density at radius 1 is 1.00 bits per heavy atom. The monoisotopic (exact) mass is 454 g/mol. The van der Waals surface area contributed by atoms with Gasteiger partial charge in [0.15, 0.2) is 11.5 Å². The van der Waals surface area contributed by atoms with Gasteiger partial charge in [0.2, 0.25) is 0 Å². The number of hydrogen-bond donors (Lipinski definition) is 0. The summed E-state index contributed by atoms with van der Waals surface area (Å²) in [5.41, 5.74) is -0.104. The molecule has 1 heterocycles. The normalized spacial score (nSPS) is 14.1. The molecule has 0 saturated carbocycles. The van der Waals surface area contributed by atoms with Crippen LogP contribution in [-0.4, -0.2) is 47.9 Å². The third-order valence-corrected chi connectivity index (χ3v) is 4.86. The van der Waals surface area contributed by atoms with Gasteiger partial charge in [0.05, 0.1) is 19.4 Å². The topological polar surface area (TPSA) is 102 Å². The number of ketones is 2. The van der Waals surface area contributed by atoms with Crippen LogP contribution in [0.25, 0.3) is 0 Å². The first kappa shape index (κ1) is 22.9. The van der Waals surface area contributed by atoms with Gasteiger partial charge in [-0.25, -0.2) is 4.79 Å². The average molecular weight is 455 g/mol. The summed E-state index contributed by atoms with van der Waals surface area (Å²) in [6, 6.07) is 12.6. The first-order chi connectivity index (χ1) is 15.3. The zero-order chi connectivity index (χ0) is 23.4. The molecule has 0 radical (unpaired) electrons. The Balaban J connectivity index is 2.05. The molecule has 0 atom stereocenters. The summed E-state index contributed by atoms with van der Waals surface area (Å²) < 4.78 is 10.1. The number of hydrogen-bond acceptors (Lipinski definition) is 7. The molecule has 0 saturated heterocycles. The van der Waals surface area contributed by atoms with Gasteiger partial charge >= 0.3 is 11.9 Å². The molecular weight excluding hydrogens is 436 g/mol. The summed E-state index contributed by atoms with van der Waals surface area (Å²) >= 11 is 5.84. The van der Waals surface area contributed by atoms with Crippen molar-refractivity contribution in [2.75, 3.05) is 13.7 Å². The summed E-state index contributed by atoms with van der Waals surface area (Å²) in [7, 11) is 1.08. The summed E-state index contributed by atoms with van der Waals surface area (Å²) in [5.74, 6) is -3.47. The number of rotatable bonds is 7. The van der Waals surface area contributed by atoms with Gasteiger partial charge in [0.1, 0.15) is 11.3 Å². The molecule has 32 heavy (non-hydrogen) atoms. The van der Waals surface area contributed by atoms with Crippen LogP contribution >= 0.6 is 11.6 Å². The standard InChI is InChI=1S/C23H19ClN2O6/c1-4-32-17-11-7-14(8-12-17)13(2)25-26-19(23(30)31-3)18(21(28)22(26)29)20(27)15-5-9-16(24)10-6-15/h5-12H,4H2,1-3H3. The molecule has 1 aliphatic rings. The second kappa shape index (κ2) is 9.57. The lowest BCUT2D eigenvalue weighted by Gasteiger charge is -2.14. The quantitative estimate of drug-likeness (QED) is 0.209. The van der Waals surface area contributed by atoms with Crippen molar-refractivity contribution < 1.29 is 28.7 Å². The third kappa shape index (κ3) is 4.45. The fourth-order valence-corrected chi connectivity index (χ4v) is 3.15. The van der Waals surface area contributed by atoms with Crippen LogP contribution in [0.15, 0.2) is 64.9 Å². The van der Waals surface area contributed by atoms with Gasteiger partial charge in [-0.1, -0.05) is 11.6 Å². The highest BCUT2D eigenvalue weighted by molar-refractivity contribution is 6.54. The predicted molar refractivity (Wildman–Crippen MR) is 116 cm³/mol. The van der Waals surface area contributed by atoms with Crippen molar-refractivity contribution in [1.29, 1.82) is 0 Å². The molecule has 0 bridgehead atoms. The van der Waals surface area contributed by atoms with Crippen molar-refractivity contribution in [3.63, 3.8) is 0 Å². The predicted octanol–water partition coefficient (Wildman–Crippen LogP) is 3.18. The van der Waals surface area contributed by atoms with Crippen molar-refractivity contribution in [1.82, 2.24) is 5.01 Å². The molecule has 164 valence electrons. The van der Waals surface area contributed by atoms with Gasteiger partial charge in [0.25, 0.3) is 5.78 Å². The molecule has 0 fully saturated rings. The molecule has 8 nitrogen and oxygen atoms in total. The Morgan fingerprint density at radius 3 is 2.16 bits per heavy atom. The Bertz CT molecular complexity index is 1150. The number of benzene rings is 2. The van der Waals surface area contributed by atoms with Crippen LogP contribution in [0.4, 0.5) is 0 Å². The zero-order valence-corrected chi connectivity index (χ0v) is 18.3. The van der Waals surface area contributed by atoms with Gasteiger partial charge in [-0.05, 0) is 67.9 Å². The Kier molecular flexibility index (Phi) is 6.85. The molecule has 1 amide bonds. The second-order valence-electron chi connectivity index (χ2n) is 6.64. The fourth-order valence-electron chi connectivity index (χ4n) is 3.02. The van der Waals surface area contributed by atoms with Crippen LogP contribution in [0.1, 0.15) is 29.8 Å². The van der Waals surface area contributed by atoms with E-state index < -0.39 is 34.7 Å². The van der Waals surface area contributed by atoms with E-state index in [1.807, 2.05) is 6.92 Å². The number of Topliss-reactive ketones (excluding diaryl/α,β-unsaturated/α-hetero) is 2. The molecule has 2 aromatic rings. The Morgan fingerprint density at radius 2 is 1.59 bits per heavy atom. The van der Waals surface area contributed by atoms with E-state index in [1.165, 1.54) is 24.3 Å². The lowest BCUT2D eigenvalue weighted by Crippen LogP contribution is -2.28. The van der Waals surface area contributed by atoms with E-state index in [9.17, 15) is 19.2 Å². The number of ether oxygens (including phenoxy) is 2. The third-order valence-electron chi connectivity index (χ3n) is 4.61. The van der Waals surface area contributed by atoms with Gasteiger partial charge in [-0.3, -0.25) is 14.4 Å². The van der Waals surface area contributed by atoms with E-state index in [2.05, 4.69) is 5.10 Å². The van der Waals surface area contributed by atoms with E-state index in [1.54, 1.807) is 31.2 Å². The molecule has 1 aliphatic heterocycles. The number of hydrazone groups is 1. The number of carbonyl (C=O) groups excluding carboxylic acids is 4. The average Bonchev–Trinajstić information content (AvgIpc) is 3.04. The van der Waals surface area contributed by atoms with Crippen LogP contribution in [0.2, 0.25) is 5.02 Å². The molecule has 0 unspecified atom stereocenters. The van der Waals surface area contributed by atoms with Crippen LogP contribution in [-0.2, 0) is 19.1 Å². The number of methoxy groups -OCH3 is 1. The van der Waals surface area contributed by atoms with E-state index >= 15 is 0 Å². The summed E-state index contributed by atoms with van der Waals surface area (Å²) in [6.07, 6.45) is 0. The van der Waals surface area contributed by atoms with Crippen LogP contribution in [0, 0.1) is 0 Å². The Labute approximate surface area is 189 Å². The second-order valence-corrected chi connectivity index (χ2v) is 7.08. The first-order valence-electron chi connectivity index (χ1n) is 9.58. The number of carbonyl (C=O) groups is 4. The molecular formula is C23H19ClN2O6. The lowest BCUT2D eigenvalue weighted by atomic mass is 10.00. The highest BCUT2D eigenvalue weighted by Crippen LogP contribution is 2.27. The summed E-state index contributed by atoms with van der Waals surface area (Å²) in [5, 5.41) is 5.15. The maximum absolute atomic E-state index is 13.0. The van der Waals surface area contributed by atoms with Crippen LogP contribution < -0.4 is 4.74 Å². The van der Waals surface area contributed by atoms with Crippen LogP contribution in [0.5, 0.6) is 5.75 Å². The van der Waals surface area contributed by atoms with Gasteiger partial charge < -0.3 is 9.47 Å². The van der Waals surface area contributed by atoms with Crippen molar-refractivity contribution in [2.24, 2.45) is 5.10 Å². The molecule has 0 aliphatic carbocycles. The van der Waals surface area contributed by atoms with Crippen LogP contribution in [0.3, 0.4) is 0 Å². The minimum atomic E-state index is -1.14. The fraction of sp³-hybridized carbons (Fsp3) is 0.174. The Hall–Kier alpha value is -3.78. The molecule has 9 heteroatoms. The number of halogens is 1. The van der Waals surface area contributed by atoms with E-state index in [-0.39, 0.29) is 5.56 Å². The number of amides is 1. The summed E-state index contributed by atoms with van der Waals surface area (Å²) in [4.78, 5) is 50.8. The zero-order valence-electron chi connectivity index (χ0n) is 17.5. The molecule has 0 spiro atoms. The highest BCUT2D eigenvalue weighted by Gasteiger charge is 2.46. The van der Waals surface area contributed by atoms with E-state index in [4.69, 9.17) is 21.1 Å².